The van der Waals surface area contributed by atoms with Crippen LogP contribution in [0.2, 0.25) is 0 Å². The minimum atomic E-state index is -0.235. The van der Waals surface area contributed by atoms with Crippen LogP contribution in [0.3, 0.4) is 0 Å². The molecule has 1 aromatic heterocycles. The highest BCUT2D eigenvalue weighted by atomic mass is 19.1. The lowest BCUT2D eigenvalue weighted by atomic mass is 10.1. The Kier molecular flexibility index (Phi) is 2.73. The van der Waals surface area contributed by atoms with E-state index in [0.717, 1.165) is 23.2 Å². The second-order valence-electron chi connectivity index (χ2n) is 3.94. The summed E-state index contributed by atoms with van der Waals surface area (Å²) in [5.74, 6) is 1.02. The topological polar surface area (TPSA) is 39.2 Å². The summed E-state index contributed by atoms with van der Waals surface area (Å²) in [4.78, 5) is 0. The van der Waals surface area contributed by atoms with Crippen LogP contribution in [-0.4, -0.2) is 6.54 Å². The van der Waals surface area contributed by atoms with Crippen molar-refractivity contribution in [3.63, 3.8) is 0 Å². The predicted octanol–water partition coefficient (Wildman–Crippen LogP) is 2.71. The van der Waals surface area contributed by atoms with Crippen molar-refractivity contribution in [3.05, 3.63) is 35.8 Å². The van der Waals surface area contributed by atoms with Crippen molar-refractivity contribution in [1.29, 1.82) is 0 Å². The molecule has 2 nitrogen and oxygen atoms in total. The molecule has 0 aliphatic heterocycles. The second kappa shape index (κ2) is 4.03. The summed E-state index contributed by atoms with van der Waals surface area (Å²) >= 11 is 0. The fourth-order valence-electron chi connectivity index (χ4n) is 1.60. The van der Waals surface area contributed by atoms with Gasteiger partial charge < -0.3 is 10.2 Å². The summed E-state index contributed by atoms with van der Waals surface area (Å²) in [7, 11) is 0. The first-order chi connectivity index (χ1) is 7.19. The van der Waals surface area contributed by atoms with Crippen molar-refractivity contribution in [1.82, 2.24) is 0 Å². The van der Waals surface area contributed by atoms with E-state index in [1.165, 1.54) is 12.1 Å². The van der Waals surface area contributed by atoms with Crippen LogP contribution in [0.15, 0.2) is 28.7 Å². The molecule has 2 aromatic rings. The molecule has 2 N–H and O–H groups in total. The van der Waals surface area contributed by atoms with Crippen LogP contribution in [0, 0.1) is 11.7 Å². The van der Waals surface area contributed by atoms with Crippen molar-refractivity contribution in [2.75, 3.05) is 6.54 Å². The molecule has 1 aromatic carbocycles. The van der Waals surface area contributed by atoms with Gasteiger partial charge in [-0.25, -0.2) is 4.39 Å². The van der Waals surface area contributed by atoms with Crippen LogP contribution in [0.5, 0.6) is 0 Å². The fourth-order valence-corrected chi connectivity index (χ4v) is 1.60. The molecule has 0 spiro atoms. The SMILES string of the molecule is CC(CN)Cc1cc2cc(F)ccc2o1. The first-order valence-electron chi connectivity index (χ1n) is 5.07. The summed E-state index contributed by atoms with van der Waals surface area (Å²) in [5, 5.41) is 0.814. The first-order valence-corrected chi connectivity index (χ1v) is 5.07. The Morgan fingerprint density at radius 3 is 2.93 bits per heavy atom. The molecule has 0 fully saturated rings. The van der Waals surface area contributed by atoms with E-state index in [4.69, 9.17) is 10.2 Å². The van der Waals surface area contributed by atoms with E-state index < -0.39 is 0 Å². The van der Waals surface area contributed by atoms with Gasteiger partial charge in [0.2, 0.25) is 0 Å². The molecule has 1 unspecified atom stereocenters. The maximum Gasteiger partial charge on any atom is 0.134 e. The lowest BCUT2D eigenvalue weighted by Crippen LogP contribution is -2.12. The van der Waals surface area contributed by atoms with Gasteiger partial charge in [-0.3, -0.25) is 0 Å². The summed E-state index contributed by atoms with van der Waals surface area (Å²) in [6, 6.07) is 6.42. The van der Waals surface area contributed by atoms with E-state index in [1.54, 1.807) is 6.07 Å². The third-order valence-corrected chi connectivity index (χ3v) is 2.48. The zero-order valence-corrected chi connectivity index (χ0v) is 8.66. The van der Waals surface area contributed by atoms with E-state index in [9.17, 15) is 4.39 Å². The fraction of sp³-hybridized carbons (Fsp3) is 0.333. The Morgan fingerprint density at radius 2 is 2.20 bits per heavy atom. The molecule has 2 rings (SSSR count). The average molecular weight is 207 g/mol. The number of rotatable bonds is 3. The molecule has 15 heavy (non-hydrogen) atoms. The van der Waals surface area contributed by atoms with Crippen LogP contribution < -0.4 is 5.73 Å². The summed E-state index contributed by atoms with van der Waals surface area (Å²) in [6.45, 7) is 2.69. The van der Waals surface area contributed by atoms with Gasteiger partial charge in [-0.05, 0) is 36.7 Å². The first kappa shape index (κ1) is 10.2. The minimum absolute atomic E-state index is 0.235. The number of furan rings is 1. The number of fused-ring (bicyclic) bond motifs is 1. The van der Waals surface area contributed by atoms with Crippen molar-refractivity contribution in [3.8, 4) is 0 Å². The quantitative estimate of drug-likeness (QED) is 0.840. The van der Waals surface area contributed by atoms with Gasteiger partial charge in [-0.1, -0.05) is 6.92 Å². The lowest BCUT2D eigenvalue weighted by Gasteiger charge is -2.03. The van der Waals surface area contributed by atoms with Crippen molar-refractivity contribution < 1.29 is 8.81 Å². The third-order valence-electron chi connectivity index (χ3n) is 2.48. The van der Waals surface area contributed by atoms with Gasteiger partial charge in [0.1, 0.15) is 17.2 Å². The van der Waals surface area contributed by atoms with E-state index in [2.05, 4.69) is 6.92 Å². The van der Waals surface area contributed by atoms with Gasteiger partial charge in [-0.2, -0.15) is 0 Å². The molecule has 1 heterocycles. The molecule has 0 aliphatic rings. The largest absolute Gasteiger partial charge is 0.461 e. The van der Waals surface area contributed by atoms with Gasteiger partial charge in [0.15, 0.2) is 0 Å². The third kappa shape index (κ3) is 2.18. The van der Waals surface area contributed by atoms with E-state index in [1.807, 2.05) is 6.07 Å². The summed E-state index contributed by atoms with van der Waals surface area (Å²) < 4.78 is 18.5. The van der Waals surface area contributed by atoms with Gasteiger partial charge in [0.25, 0.3) is 0 Å². The number of nitrogens with two attached hydrogens (primary N) is 1. The Bertz CT molecular complexity index is 464. The van der Waals surface area contributed by atoms with Crippen LogP contribution in [0.1, 0.15) is 12.7 Å². The molecule has 0 aliphatic carbocycles. The zero-order valence-electron chi connectivity index (χ0n) is 8.66. The van der Waals surface area contributed by atoms with E-state index in [0.29, 0.717) is 12.5 Å². The van der Waals surface area contributed by atoms with Crippen LogP contribution in [0.25, 0.3) is 11.0 Å². The van der Waals surface area contributed by atoms with E-state index in [-0.39, 0.29) is 5.82 Å². The van der Waals surface area contributed by atoms with Crippen LogP contribution >= 0.6 is 0 Å². The normalized spacial score (nSPS) is 13.3. The summed E-state index contributed by atoms with van der Waals surface area (Å²) in [6.07, 6.45) is 0.798. The molecular formula is C12H14FNO. The Morgan fingerprint density at radius 1 is 1.40 bits per heavy atom. The molecule has 0 radical (unpaired) electrons. The summed E-state index contributed by atoms with van der Waals surface area (Å²) in [5.41, 5.74) is 6.27. The Balaban J connectivity index is 2.30. The molecule has 1 atom stereocenters. The van der Waals surface area contributed by atoms with Crippen LogP contribution in [-0.2, 0) is 6.42 Å². The minimum Gasteiger partial charge on any atom is -0.461 e. The molecule has 3 heteroatoms. The molecule has 0 saturated heterocycles. The Labute approximate surface area is 87.9 Å². The Hall–Kier alpha value is -1.35. The molecule has 0 saturated carbocycles. The predicted molar refractivity (Wildman–Crippen MR) is 58.1 cm³/mol. The molecule has 0 bridgehead atoms. The highest BCUT2D eigenvalue weighted by Gasteiger charge is 2.07. The smallest absolute Gasteiger partial charge is 0.134 e. The van der Waals surface area contributed by atoms with Crippen molar-refractivity contribution >= 4 is 11.0 Å². The number of hydrogen-bond donors (Lipinski definition) is 1. The zero-order chi connectivity index (χ0) is 10.8. The maximum absolute atomic E-state index is 12.9. The van der Waals surface area contributed by atoms with Gasteiger partial charge in [-0.15, -0.1) is 0 Å². The number of hydrogen-bond acceptors (Lipinski definition) is 2. The molecule has 0 amide bonds. The second-order valence-corrected chi connectivity index (χ2v) is 3.94. The van der Waals surface area contributed by atoms with Gasteiger partial charge >= 0.3 is 0 Å². The number of halogens is 1. The standard InChI is InChI=1S/C12H14FNO/c1-8(7-14)4-11-6-9-5-10(13)2-3-12(9)15-11/h2-3,5-6,8H,4,7,14H2,1H3. The average Bonchev–Trinajstić information content (AvgIpc) is 2.59. The highest BCUT2D eigenvalue weighted by molar-refractivity contribution is 5.77. The number of benzene rings is 1. The maximum atomic E-state index is 12.9. The van der Waals surface area contributed by atoms with Crippen LogP contribution in [0.4, 0.5) is 4.39 Å². The molecular weight excluding hydrogens is 193 g/mol. The van der Waals surface area contributed by atoms with Gasteiger partial charge in [0, 0.05) is 11.8 Å². The van der Waals surface area contributed by atoms with E-state index >= 15 is 0 Å². The van der Waals surface area contributed by atoms with Crippen molar-refractivity contribution in [2.45, 2.75) is 13.3 Å². The van der Waals surface area contributed by atoms with Crippen molar-refractivity contribution in [2.24, 2.45) is 11.7 Å². The highest BCUT2D eigenvalue weighted by Crippen LogP contribution is 2.21. The monoisotopic (exact) mass is 207 g/mol. The molecule has 80 valence electrons. The lowest BCUT2D eigenvalue weighted by molar-refractivity contribution is 0.484. The van der Waals surface area contributed by atoms with Gasteiger partial charge in [0.05, 0.1) is 0 Å².